The quantitative estimate of drug-likeness (QED) is 0.425. The van der Waals surface area contributed by atoms with E-state index in [4.69, 9.17) is 0 Å². The second kappa shape index (κ2) is 7.80. The largest absolute Gasteiger partial charge is 0.368 e. The van der Waals surface area contributed by atoms with E-state index in [1.807, 2.05) is 60.7 Å². The molecule has 3 rings (SSSR count). The molecule has 0 amide bonds. The number of nitro benzene ring substituents is 1. The zero-order chi connectivity index (χ0) is 17.5. The highest BCUT2D eigenvalue weighted by molar-refractivity contribution is 5.52. The lowest BCUT2D eigenvalue weighted by Crippen LogP contribution is -2.08. The van der Waals surface area contributed by atoms with Gasteiger partial charge in [-0.25, -0.2) is 0 Å². The average molecular weight is 328 g/mol. The van der Waals surface area contributed by atoms with Gasteiger partial charge in [-0.1, -0.05) is 60.4 Å². The number of nitrogens with zero attached hydrogens (tertiary/aromatic N) is 1. The van der Waals surface area contributed by atoms with Gasteiger partial charge < -0.3 is 5.32 Å². The van der Waals surface area contributed by atoms with Crippen molar-refractivity contribution in [1.29, 1.82) is 0 Å². The lowest BCUT2D eigenvalue weighted by atomic mass is 10.1. The van der Waals surface area contributed by atoms with Gasteiger partial charge in [0.2, 0.25) is 0 Å². The molecule has 0 spiro atoms. The van der Waals surface area contributed by atoms with Crippen LogP contribution in [0.4, 0.5) is 11.4 Å². The maximum Gasteiger partial charge on any atom is 0.269 e. The van der Waals surface area contributed by atoms with Crippen LogP contribution in [0.2, 0.25) is 0 Å². The summed E-state index contributed by atoms with van der Waals surface area (Å²) in [5.74, 6) is 6.42. The third-order valence-corrected chi connectivity index (χ3v) is 3.66. The van der Waals surface area contributed by atoms with Crippen molar-refractivity contribution in [3.8, 4) is 11.8 Å². The molecule has 0 heterocycles. The first-order valence-corrected chi connectivity index (χ1v) is 7.85. The van der Waals surface area contributed by atoms with E-state index < -0.39 is 4.92 Å². The van der Waals surface area contributed by atoms with Gasteiger partial charge >= 0.3 is 0 Å². The van der Waals surface area contributed by atoms with Crippen molar-refractivity contribution in [3.05, 3.63) is 106 Å². The van der Waals surface area contributed by atoms with Crippen molar-refractivity contribution >= 4 is 11.4 Å². The van der Waals surface area contributed by atoms with Crippen molar-refractivity contribution in [2.24, 2.45) is 0 Å². The highest BCUT2D eigenvalue weighted by Gasteiger charge is 2.09. The lowest BCUT2D eigenvalue weighted by Gasteiger charge is -2.15. The lowest BCUT2D eigenvalue weighted by molar-refractivity contribution is -0.384. The molecule has 0 saturated carbocycles. The summed E-state index contributed by atoms with van der Waals surface area (Å²) in [5, 5.41) is 14.1. The summed E-state index contributed by atoms with van der Waals surface area (Å²) in [6.07, 6.45) is 0. The number of nitro groups is 1. The van der Waals surface area contributed by atoms with Crippen LogP contribution in [0, 0.1) is 22.0 Å². The molecule has 1 atom stereocenters. The smallest absolute Gasteiger partial charge is 0.269 e. The number of hydrogen-bond donors (Lipinski definition) is 1. The average Bonchev–Trinajstić information content (AvgIpc) is 2.67. The number of rotatable bonds is 4. The number of non-ortho nitro benzene ring substituents is 1. The highest BCUT2D eigenvalue weighted by atomic mass is 16.6. The van der Waals surface area contributed by atoms with E-state index in [1.54, 1.807) is 12.1 Å². The molecule has 0 aliphatic rings. The van der Waals surface area contributed by atoms with Crippen LogP contribution in [0.25, 0.3) is 0 Å². The van der Waals surface area contributed by atoms with Crippen LogP contribution >= 0.6 is 0 Å². The minimum absolute atomic E-state index is 0.0668. The summed E-state index contributed by atoms with van der Waals surface area (Å²) in [7, 11) is 0. The van der Waals surface area contributed by atoms with Gasteiger partial charge in [0.05, 0.1) is 4.92 Å². The number of benzene rings is 3. The molecule has 25 heavy (non-hydrogen) atoms. The van der Waals surface area contributed by atoms with Crippen molar-refractivity contribution < 1.29 is 4.92 Å². The molecule has 0 radical (unpaired) electrons. The first-order valence-electron chi connectivity index (χ1n) is 7.85. The molecule has 3 aromatic rings. The van der Waals surface area contributed by atoms with Crippen molar-refractivity contribution in [3.63, 3.8) is 0 Å². The van der Waals surface area contributed by atoms with Gasteiger partial charge in [0.1, 0.15) is 6.04 Å². The summed E-state index contributed by atoms with van der Waals surface area (Å²) >= 11 is 0. The molecular weight excluding hydrogens is 312 g/mol. The summed E-state index contributed by atoms with van der Waals surface area (Å²) in [6, 6.07) is 25.8. The van der Waals surface area contributed by atoms with Crippen molar-refractivity contribution in [2.45, 2.75) is 6.04 Å². The maximum absolute atomic E-state index is 10.8. The molecule has 3 aromatic carbocycles. The fourth-order valence-electron chi connectivity index (χ4n) is 2.37. The summed E-state index contributed by atoms with van der Waals surface area (Å²) in [4.78, 5) is 10.4. The van der Waals surface area contributed by atoms with Crippen LogP contribution in [-0.2, 0) is 0 Å². The normalized spacial score (nSPS) is 11.0. The fraction of sp³-hybridized carbons (Fsp3) is 0.0476. The Labute approximate surface area is 146 Å². The highest BCUT2D eigenvalue weighted by Crippen LogP contribution is 2.21. The Morgan fingerprint density at radius 2 is 1.44 bits per heavy atom. The van der Waals surface area contributed by atoms with E-state index in [9.17, 15) is 10.1 Å². The summed E-state index contributed by atoms with van der Waals surface area (Å²) in [6.45, 7) is 0. The molecule has 0 aromatic heterocycles. The first kappa shape index (κ1) is 16.3. The molecular formula is C21H16N2O2. The van der Waals surface area contributed by atoms with E-state index >= 15 is 0 Å². The Bertz CT molecular complexity index is 895. The van der Waals surface area contributed by atoms with Gasteiger partial charge in [-0.2, -0.15) is 0 Å². The molecule has 1 unspecified atom stereocenters. The van der Waals surface area contributed by atoms with Crippen LogP contribution in [-0.4, -0.2) is 4.92 Å². The van der Waals surface area contributed by atoms with Gasteiger partial charge in [0.25, 0.3) is 5.69 Å². The number of anilines is 1. The van der Waals surface area contributed by atoms with Gasteiger partial charge in [0.15, 0.2) is 0 Å². The zero-order valence-corrected chi connectivity index (χ0v) is 13.4. The minimum Gasteiger partial charge on any atom is -0.368 e. The van der Waals surface area contributed by atoms with Gasteiger partial charge in [-0.3, -0.25) is 10.1 Å². The molecule has 122 valence electrons. The van der Waals surface area contributed by atoms with E-state index in [2.05, 4.69) is 17.2 Å². The van der Waals surface area contributed by atoms with Crippen LogP contribution in [0.3, 0.4) is 0 Å². The fourth-order valence-corrected chi connectivity index (χ4v) is 2.37. The zero-order valence-electron chi connectivity index (χ0n) is 13.4. The Balaban J connectivity index is 1.87. The third-order valence-electron chi connectivity index (χ3n) is 3.66. The third kappa shape index (κ3) is 4.46. The molecule has 4 heteroatoms. The van der Waals surface area contributed by atoms with Gasteiger partial charge in [-0.15, -0.1) is 0 Å². The van der Waals surface area contributed by atoms with Gasteiger partial charge in [0, 0.05) is 23.4 Å². The molecule has 0 aliphatic heterocycles. The topological polar surface area (TPSA) is 55.2 Å². The Hall–Kier alpha value is -3.58. The Morgan fingerprint density at radius 3 is 2.04 bits per heavy atom. The van der Waals surface area contributed by atoms with Crippen molar-refractivity contribution in [1.82, 2.24) is 0 Å². The molecule has 1 N–H and O–H groups in total. The van der Waals surface area contributed by atoms with E-state index in [0.29, 0.717) is 0 Å². The second-order valence-corrected chi connectivity index (χ2v) is 5.43. The van der Waals surface area contributed by atoms with Gasteiger partial charge in [-0.05, 0) is 29.8 Å². The first-order chi connectivity index (χ1) is 12.2. The molecule has 0 fully saturated rings. The Kier molecular flexibility index (Phi) is 5.08. The Morgan fingerprint density at radius 1 is 0.840 bits per heavy atom. The number of nitrogens with one attached hydrogen (secondary N) is 1. The molecule has 4 nitrogen and oxygen atoms in total. The monoisotopic (exact) mass is 328 g/mol. The van der Waals surface area contributed by atoms with E-state index in [-0.39, 0.29) is 11.7 Å². The SMILES string of the molecule is O=[N+]([O-])c1ccc(NC(C#Cc2ccccc2)c2ccccc2)cc1. The summed E-state index contributed by atoms with van der Waals surface area (Å²) in [5.41, 5.74) is 2.82. The summed E-state index contributed by atoms with van der Waals surface area (Å²) < 4.78 is 0. The second-order valence-electron chi connectivity index (χ2n) is 5.43. The predicted octanol–water partition coefficient (Wildman–Crippen LogP) is 4.80. The van der Waals surface area contributed by atoms with Crippen molar-refractivity contribution in [2.75, 3.05) is 5.32 Å². The van der Waals surface area contributed by atoms with Crippen LogP contribution in [0.1, 0.15) is 17.2 Å². The minimum atomic E-state index is -0.409. The van der Waals surface area contributed by atoms with Crippen LogP contribution in [0.5, 0.6) is 0 Å². The standard InChI is InChI=1S/C21H16N2O2/c24-23(25)20-14-12-19(13-15-20)22-21(18-9-5-2-6-10-18)16-11-17-7-3-1-4-8-17/h1-10,12-15,21-22H. The van der Waals surface area contributed by atoms with Crippen LogP contribution < -0.4 is 5.32 Å². The predicted molar refractivity (Wildman–Crippen MR) is 99.2 cm³/mol. The molecule has 0 aliphatic carbocycles. The van der Waals surface area contributed by atoms with Crippen LogP contribution in [0.15, 0.2) is 84.9 Å². The molecule has 0 saturated heterocycles. The van der Waals surface area contributed by atoms with E-state index in [1.165, 1.54) is 12.1 Å². The molecule has 0 bridgehead atoms. The maximum atomic E-state index is 10.8. The number of hydrogen-bond acceptors (Lipinski definition) is 3. The van der Waals surface area contributed by atoms with E-state index in [0.717, 1.165) is 16.8 Å².